The summed E-state index contributed by atoms with van der Waals surface area (Å²) in [5, 5.41) is 2.98. The van der Waals surface area contributed by atoms with Crippen LogP contribution in [0.3, 0.4) is 0 Å². The predicted molar refractivity (Wildman–Crippen MR) is 108 cm³/mol. The van der Waals surface area contributed by atoms with Crippen LogP contribution < -0.4 is 20.5 Å². The Morgan fingerprint density at radius 2 is 1.78 bits per heavy atom. The van der Waals surface area contributed by atoms with Crippen molar-refractivity contribution in [1.82, 2.24) is 5.32 Å². The molecule has 0 saturated carbocycles. The molecule has 2 unspecified atom stereocenters. The molecule has 146 valence electrons. The molecule has 0 aliphatic heterocycles. The number of hydrogen-bond acceptors (Lipinski definition) is 4. The lowest BCUT2D eigenvalue weighted by molar-refractivity contribution is -0.123. The van der Waals surface area contributed by atoms with E-state index in [-0.39, 0.29) is 11.9 Å². The summed E-state index contributed by atoms with van der Waals surface area (Å²) in [6.45, 7) is 6.74. The minimum Gasteiger partial charge on any atom is -0.493 e. The van der Waals surface area contributed by atoms with Gasteiger partial charge in [-0.05, 0) is 42.5 Å². The molecule has 5 nitrogen and oxygen atoms in total. The van der Waals surface area contributed by atoms with Gasteiger partial charge in [0.1, 0.15) is 0 Å². The van der Waals surface area contributed by atoms with Crippen molar-refractivity contribution < 1.29 is 14.3 Å². The summed E-state index contributed by atoms with van der Waals surface area (Å²) >= 11 is 0. The van der Waals surface area contributed by atoms with Gasteiger partial charge in [-0.2, -0.15) is 0 Å². The van der Waals surface area contributed by atoms with Crippen LogP contribution in [0.25, 0.3) is 0 Å². The number of nitrogens with one attached hydrogen (secondary N) is 1. The van der Waals surface area contributed by atoms with Crippen molar-refractivity contribution in [1.29, 1.82) is 0 Å². The number of rotatable bonds is 9. The van der Waals surface area contributed by atoms with E-state index in [1.807, 2.05) is 55.5 Å². The van der Waals surface area contributed by atoms with Crippen LogP contribution in [0.5, 0.6) is 11.5 Å². The van der Waals surface area contributed by atoms with E-state index in [0.29, 0.717) is 30.4 Å². The molecule has 0 heterocycles. The molecule has 2 aromatic rings. The number of hydrogen-bond donors (Lipinski definition) is 2. The Bertz CT molecular complexity index is 732. The smallest absolute Gasteiger partial charge is 0.237 e. The van der Waals surface area contributed by atoms with Gasteiger partial charge in [-0.25, -0.2) is 0 Å². The number of methoxy groups -OCH3 is 1. The highest BCUT2D eigenvalue weighted by atomic mass is 16.5. The zero-order chi connectivity index (χ0) is 19.8. The van der Waals surface area contributed by atoms with Crippen LogP contribution in [0.2, 0.25) is 0 Å². The zero-order valence-electron chi connectivity index (χ0n) is 16.6. The second kappa shape index (κ2) is 9.97. The third kappa shape index (κ3) is 6.29. The number of carbonyl (C=O) groups excluding carboxylic acids is 1. The molecule has 0 aromatic heterocycles. The molecule has 0 saturated heterocycles. The maximum atomic E-state index is 12.4. The Hall–Kier alpha value is -2.53. The lowest BCUT2D eigenvalue weighted by Gasteiger charge is -2.20. The van der Waals surface area contributed by atoms with Crippen LogP contribution in [0, 0.1) is 5.92 Å². The summed E-state index contributed by atoms with van der Waals surface area (Å²) in [6.07, 6.45) is 0.505. The molecule has 0 aliphatic rings. The van der Waals surface area contributed by atoms with Gasteiger partial charge in [0.2, 0.25) is 5.91 Å². The van der Waals surface area contributed by atoms with Crippen molar-refractivity contribution in [2.75, 3.05) is 13.7 Å². The minimum atomic E-state index is -0.592. The third-order valence-corrected chi connectivity index (χ3v) is 4.25. The fourth-order valence-corrected chi connectivity index (χ4v) is 2.69. The summed E-state index contributed by atoms with van der Waals surface area (Å²) in [6, 6.07) is 14.7. The summed E-state index contributed by atoms with van der Waals surface area (Å²) in [5.41, 5.74) is 8.04. The SMILES string of the molecule is COc1cc(C(C)NC(=O)C(N)Cc2ccccc2)ccc1OCC(C)C. The van der Waals surface area contributed by atoms with Crippen LogP contribution in [-0.4, -0.2) is 25.7 Å². The van der Waals surface area contributed by atoms with Gasteiger partial charge in [-0.1, -0.05) is 50.2 Å². The lowest BCUT2D eigenvalue weighted by Crippen LogP contribution is -2.42. The maximum Gasteiger partial charge on any atom is 0.237 e. The zero-order valence-corrected chi connectivity index (χ0v) is 16.6. The fraction of sp³-hybridized carbons (Fsp3) is 0.409. The molecular formula is C22H30N2O3. The average molecular weight is 370 g/mol. The van der Waals surface area contributed by atoms with Gasteiger partial charge >= 0.3 is 0 Å². The molecule has 1 amide bonds. The molecule has 0 aliphatic carbocycles. The van der Waals surface area contributed by atoms with Crippen molar-refractivity contribution in [3.63, 3.8) is 0 Å². The predicted octanol–water partition coefficient (Wildman–Crippen LogP) is 3.48. The number of ether oxygens (including phenoxy) is 2. The monoisotopic (exact) mass is 370 g/mol. The molecule has 2 aromatic carbocycles. The van der Waals surface area contributed by atoms with Crippen LogP contribution in [0.15, 0.2) is 48.5 Å². The standard InChI is InChI=1S/C22H30N2O3/c1-15(2)14-27-20-11-10-18(13-21(20)26-4)16(3)24-22(25)19(23)12-17-8-6-5-7-9-17/h5-11,13,15-16,19H,12,14,23H2,1-4H3,(H,24,25). The van der Waals surface area contributed by atoms with E-state index in [0.717, 1.165) is 11.1 Å². The summed E-state index contributed by atoms with van der Waals surface area (Å²) in [4.78, 5) is 12.4. The highest BCUT2D eigenvalue weighted by Gasteiger charge is 2.18. The summed E-state index contributed by atoms with van der Waals surface area (Å²) in [5.74, 6) is 1.61. The van der Waals surface area contributed by atoms with E-state index in [1.165, 1.54) is 0 Å². The average Bonchev–Trinajstić information content (AvgIpc) is 2.66. The van der Waals surface area contributed by atoms with Gasteiger partial charge in [-0.3, -0.25) is 4.79 Å². The van der Waals surface area contributed by atoms with Crippen molar-refractivity contribution in [2.24, 2.45) is 11.7 Å². The normalized spacial score (nSPS) is 13.1. The summed E-state index contributed by atoms with van der Waals surface area (Å²) < 4.78 is 11.2. The molecule has 0 spiro atoms. The molecule has 0 radical (unpaired) electrons. The molecule has 5 heteroatoms. The third-order valence-electron chi connectivity index (χ3n) is 4.25. The molecule has 3 N–H and O–H groups in total. The number of carbonyl (C=O) groups is 1. The second-order valence-corrected chi connectivity index (χ2v) is 7.14. The first-order valence-electron chi connectivity index (χ1n) is 9.31. The Kier molecular flexibility index (Phi) is 7.67. The molecular weight excluding hydrogens is 340 g/mol. The first kappa shape index (κ1) is 20.8. The first-order valence-corrected chi connectivity index (χ1v) is 9.31. The van der Waals surface area contributed by atoms with E-state index in [4.69, 9.17) is 15.2 Å². The molecule has 0 bridgehead atoms. The Balaban J connectivity index is 1.99. The highest BCUT2D eigenvalue weighted by Crippen LogP contribution is 2.30. The van der Waals surface area contributed by atoms with Crippen LogP contribution in [-0.2, 0) is 11.2 Å². The van der Waals surface area contributed by atoms with E-state index in [2.05, 4.69) is 19.2 Å². The van der Waals surface area contributed by atoms with Crippen molar-refractivity contribution in [3.05, 3.63) is 59.7 Å². The molecule has 0 fully saturated rings. The van der Waals surface area contributed by atoms with E-state index in [1.54, 1.807) is 7.11 Å². The highest BCUT2D eigenvalue weighted by molar-refractivity contribution is 5.82. The van der Waals surface area contributed by atoms with E-state index in [9.17, 15) is 4.79 Å². The number of benzene rings is 2. The largest absolute Gasteiger partial charge is 0.493 e. The lowest BCUT2D eigenvalue weighted by atomic mass is 10.0. The van der Waals surface area contributed by atoms with Crippen LogP contribution in [0.4, 0.5) is 0 Å². The Labute approximate surface area is 161 Å². The topological polar surface area (TPSA) is 73.6 Å². The van der Waals surface area contributed by atoms with Gasteiger partial charge in [0.05, 0.1) is 25.8 Å². The fourth-order valence-electron chi connectivity index (χ4n) is 2.69. The quantitative estimate of drug-likeness (QED) is 0.709. The van der Waals surface area contributed by atoms with Crippen LogP contribution >= 0.6 is 0 Å². The van der Waals surface area contributed by atoms with Gasteiger partial charge in [-0.15, -0.1) is 0 Å². The van der Waals surface area contributed by atoms with Gasteiger partial charge < -0.3 is 20.5 Å². The van der Waals surface area contributed by atoms with Gasteiger partial charge in [0.25, 0.3) is 0 Å². The van der Waals surface area contributed by atoms with Crippen LogP contribution in [0.1, 0.15) is 37.9 Å². The Morgan fingerprint density at radius 1 is 1.07 bits per heavy atom. The molecule has 2 atom stereocenters. The maximum absolute atomic E-state index is 12.4. The second-order valence-electron chi connectivity index (χ2n) is 7.14. The summed E-state index contributed by atoms with van der Waals surface area (Å²) in [7, 11) is 1.61. The van der Waals surface area contributed by atoms with E-state index >= 15 is 0 Å². The van der Waals surface area contributed by atoms with Gasteiger partial charge in [0, 0.05) is 0 Å². The van der Waals surface area contributed by atoms with Crippen molar-refractivity contribution in [3.8, 4) is 11.5 Å². The Morgan fingerprint density at radius 3 is 2.41 bits per heavy atom. The van der Waals surface area contributed by atoms with Crippen molar-refractivity contribution in [2.45, 2.75) is 39.3 Å². The number of nitrogens with two attached hydrogens (primary N) is 1. The molecule has 2 rings (SSSR count). The first-order chi connectivity index (χ1) is 12.9. The van der Waals surface area contributed by atoms with Crippen molar-refractivity contribution >= 4 is 5.91 Å². The van der Waals surface area contributed by atoms with Gasteiger partial charge in [0.15, 0.2) is 11.5 Å². The van der Waals surface area contributed by atoms with E-state index < -0.39 is 6.04 Å². The number of amides is 1. The minimum absolute atomic E-state index is 0.176. The molecule has 27 heavy (non-hydrogen) atoms.